The van der Waals surface area contributed by atoms with Crippen LogP contribution in [0.3, 0.4) is 0 Å². The number of aliphatic hydroxyl groups is 1. The van der Waals surface area contributed by atoms with Crippen LogP contribution in [0.2, 0.25) is 0 Å². The highest BCUT2D eigenvalue weighted by Crippen LogP contribution is 2.45. The minimum absolute atomic E-state index is 0.106. The van der Waals surface area contributed by atoms with Gasteiger partial charge in [-0.05, 0) is 37.5 Å². The molecule has 3 N–H and O–H groups in total. The second kappa shape index (κ2) is 75.5. The van der Waals surface area contributed by atoms with E-state index in [-0.39, 0.29) is 25.7 Å². The molecule has 0 saturated heterocycles. The molecule has 2 unspecified atom stereocenters. The van der Waals surface area contributed by atoms with Gasteiger partial charge < -0.3 is 33.8 Å². The van der Waals surface area contributed by atoms with Gasteiger partial charge in [0.2, 0.25) is 0 Å². The summed E-state index contributed by atoms with van der Waals surface area (Å²) in [6.07, 6.45) is 66.7. The van der Waals surface area contributed by atoms with E-state index >= 15 is 0 Å². The van der Waals surface area contributed by atoms with Gasteiger partial charge >= 0.3 is 39.5 Å². The fourth-order valence-corrected chi connectivity index (χ4v) is 14.6. The summed E-state index contributed by atoms with van der Waals surface area (Å²) in [5.74, 6) is -0.614. The van der Waals surface area contributed by atoms with Crippen LogP contribution in [0.4, 0.5) is 0 Å². The quantitative estimate of drug-likeness (QED) is 0.0222. The monoisotopic (exact) mass is 1510 g/mol. The molecule has 0 bridgehead atoms. The highest BCUT2D eigenvalue weighted by atomic mass is 31.2. The minimum Gasteiger partial charge on any atom is -0.462 e. The third kappa shape index (κ3) is 78.0. The number of esters is 4. The molecule has 0 heterocycles. The number of hydrogen-bond donors (Lipinski definition) is 3. The fraction of sp³-hybridized carbons (Fsp3) is 0.952. The van der Waals surface area contributed by atoms with E-state index in [1.807, 2.05) is 0 Å². The average Bonchev–Trinajstić information content (AvgIpc) is 0.912. The number of aliphatic hydroxyl groups excluding tert-OH is 1. The topological polar surface area (TPSA) is 237 Å². The molecule has 17 nitrogen and oxygen atoms in total. The van der Waals surface area contributed by atoms with Crippen LogP contribution in [0.1, 0.15) is 446 Å². The van der Waals surface area contributed by atoms with Crippen LogP contribution < -0.4 is 0 Å². The summed E-state index contributed by atoms with van der Waals surface area (Å²) in [4.78, 5) is 73.1. The molecule has 5 atom stereocenters. The zero-order valence-corrected chi connectivity index (χ0v) is 69.4. The van der Waals surface area contributed by atoms with Gasteiger partial charge in [0, 0.05) is 25.7 Å². The molecule has 0 aromatic heterocycles. The molecular formula is C84H164O17P2. The summed E-state index contributed by atoms with van der Waals surface area (Å²) in [5.41, 5.74) is 0. The van der Waals surface area contributed by atoms with Gasteiger partial charge in [0.05, 0.1) is 26.4 Å². The maximum absolute atomic E-state index is 13.1. The molecule has 0 aromatic rings. The Morgan fingerprint density at radius 1 is 0.262 bits per heavy atom. The van der Waals surface area contributed by atoms with Crippen molar-refractivity contribution < 1.29 is 80.2 Å². The third-order valence-corrected chi connectivity index (χ3v) is 21.6. The second-order valence-electron chi connectivity index (χ2n) is 31.2. The maximum Gasteiger partial charge on any atom is 0.472 e. The molecule has 0 amide bonds. The van der Waals surface area contributed by atoms with Crippen LogP contribution in [0.5, 0.6) is 0 Å². The van der Waals surface area contributed by atoms with E-state index in [9.17, 15) is 43.2 Å². The van der Waals surface area contributed by atoms with Crippen molar-refractivity contribution in [2.45, 2.75) is 464 Å². The number of carbonyl (C=O) groups excluding carboxylic acids is 4. The first-order valence-electron chi connectivity index (χ1n) is 43.5. The van der Waals surface area contributed by atoms with E-state index in [2.05, 4.69) is 41.5 Å². The Labute approximate surface area is 632 Å². The zero-order chi connectivity index (χ0) is 75.6. The van der Waals surface area contributed by atoms with E-state index in [1.165, 1.54) is 263 Å². The number of hydrogen-bond acceptors (Lipinski definition) is 15. The Balaban J connectivity index is 5.24. The lowest BCUT2D eigenvalue weighted by atomic mass is 10.0. The average molecular weight is 1510 g/mol. The van der Waals surface area contributed by atoms with Gasteiger partial charge in [-0.2, -0.15) is 0 Å². The summed E-state index contributed by atoms with van der Waals surface area (Å²) in [7, 11) is -9.92. The summed E-state index contributed by atoms with van der Waals surface area (Å²) < 4.78 is 68.8. The van der Waals surface area contributed by atoms with E-state index < -0.39 is 97.5 Å². The van der Waals surface area contributed by atoms with E-state index in [1.54, 1.807) is 0 Å². The van der Waals surface area contributed by atoms with Crippen molar-refractivity contribution >= 4 is 39.5 Å². The molecule has 103 heavy (non-hydrogen) atoms. The van der Waals surface area contributed by atoms with Gasteiger partial charge in [-0.3, -0.25) is 37.3 Å². The van der Waals surface area contributed by atoms with Crippen molar-refractivity contribution in [3.05, 3.63) is 0 Å². The highest BCUT2D eigenvalue weighted by Gasteiger charge is 2.30. The molecule has 19 heteroatoms. The summed E-state index contributed by atoms with van der Waals surface area (Å²) in [6.45, 7) is 9.62. The van der Waals surface area contributed by atoms with Crippen LogP contribution >= 0.6 is 15.6 Å². The summed E-state index contributed by atoms with van der Waals surface area (Å²) in [5, 5.41) is 10.7. The molecule has 0 aliphatic heterocycles. The van der Waals surface area contributed by atoms with E-state index in [0.717, 1.165) is 102 Å². The van der Waals surface area contributed by atoms with Crippen molar-refractivity contribution in [3.8, 4) is 0 Å². The predicted octanol–water partition coefficient (Wildman–Crippen LogP) is 25.5. The number of phosphoric acid groups is 2. The molecule has 0 fully saturated rings. The van der Waals surface area contributed by atoms with Crippen LogP contribution in [-0.4, -0.2) is 96.7 Å². The van der Waals surface area contributed by atoms with Gasteiger partial charge in [-0.15, -0.1) is 0 Å². The molecular weight excluding hydrogens is 1340 g/mol. The van der Waals surface area contributed by atoms with Crippen LogP contribution in [0.25, 0.3) is 0 Å². The van der Waals surface area contributed by atoms with Gasteiger partial charge in [0.25, 0.3) is 0 Å². The smallest absolute Gasteiger partial charge is 0.462 e. The summed E-state index contributed by atoms with van der Waals surface area (Å²) in [6, 6.07) is 0. The van der Waals surface area contributed by atoms with E-state index in [0.29, 0.717) is 25.7 Å². The third-order valence-electron chi connectivity index (χ3n) is 19.7. The van der Waals surface area contributed by atoms with Crippen molar-refractivity contribution in [2.24, 2.45) is 11.8 Å². The minimum atomic E-state index is -4.96. The number of unbranched alkanes of at least 4 members (excludes halogenated alkanes) is 53. The second-order valence-corrected chi connectivity index (χ2v) is 34.1. The number of ether oxygens (including phenoxy) is 4. The SMILES string of the molecule is CCCCCCCCCCCCCCCCCCCCCCC(=O)O[C@H](COC(=O)CCCCCCCCCCCCCCCCCCCC)COP(=O)(O)OC[C@@H](O)COP(=O)(O)OC[C@@H](COC(=O)CCCCCCCCCCC(C)C)OC(=O)CCCCCCCCCCCCCC(C)C. The van der Waals surface area contributed by atoms with Gasteiger partial charge in [-0.1, -0.05) is 395 Å². The van der Waals surface area contributed by atoms with E-state index in [4.69, 9.17) is 37.0 Å². The van der Waals surface area contributed by atoms with Gasteiger partial charge in [-0.25, -0.2) is 9.13 Å². The Morgan fingerprint density at radius 3 is 0.660 bits per heavy atom. The van der Waals surface area contributed by atoms with Crippen LogP contribution in [0, 0.1) is 11.8 Å². The normalized spacial score (nSPS) is 13.9. The number of phosphoric ester groups is 2. The van der Waals surface area contributed by atoms with Crippen molar-refractivity contribution in [2.75, 3.05) is 39.6 Å². The van der Waals surface area contributed by atoms with Crippen molar-refractivity contribution in [1.29, 1.82) is 0 Å². The first kappa shape index (κ1) is 101. The standard InChI is InChI=1S/C84H164O17P2/c1-7-9-11-13-15-17-19-21-23-25-27-28-30-32-34-38-42-50-56-62-68-83(88)100-79(72-94-81(86)66-60-54-48-41-37-33-31-29-26-24-22-20-18-16-14-12-10-8-2)74-98-102(90,91)96-70-78(85)71-97-103(92,93)99-75-80(73-95-82(87)67-61-55-49-45-44-47-53-59-65-77(5)6)101-84(89)69-63-57-51-43-39-35-36-40-46-52-58-64-76(3)4/h76-80,85H,7-75H2,1-6H3,(H,90,91)(H,92,93)/t78-,79-,80-/m1/s1. The van der Waals surface area contributed by atoms with Crippen LogP contribution in [0.15, 0.2) is 0 Å². The fourth-order valence-electron chi connectivity index (χ4n) is 13.1. The molecule has 612 valence electrons. The van der Waals surface area contributed by atoms with Crippen molar-refractivity contribution in [3.63, 3.8) is 0 Å². The maximum atomic E-state index is 13.1. The summed E-state index contributed by atoms with van der Waals surface area (Å²) >= 11 is 0. The molecule has 0 aliphatic rings. The Kier molecular flexibility index (Phi) is 74.1. The molecule has 0 spiro atoms. The first-order valence-corrected chi connectivity index (χ1v) is 46.5. The molecule has 0 rings (SSSR count). The molecule has 0 aliphatic carbocycles. The molecule has 0 radical (unpaired) electrons. The number of rotatable bonds is 83. The van der Waals surface area contributed by atoms with Gasteiger partial charge in [0.1, 0.15) is 19.3 Å². The first-order chi connectivity index (χ1) is 49.9. The van der Waals surface area contributed by atoms with Gasteiger partial charge in [0.15, 0.2) is 12.2 Å². The predicted molar refractivity (Wildman–Crippen MR) is 423 cm³/mol. The Bertz CT molecular complexity index is 1980. The Morgan fingerprint density at radius 2 is 0.447 bits per heavy atom. The number of carbonyl (C=O) groups is 4. The molecule has 0 saturated carbocycles. The molecule has 0 aromatic carbocycles. The lowest BCUT2D eigenvalue weighted by molar-refractivity contribution is -0.161. The van der Waals surface area contributed by atoms with Crippen molar-refractivity contribution in [1.82, 2.24) is 0 Å². The zero-order valence-electron chi connectivity index (χ0n) is 67.6. The van der Waals surface area contributed by atoms with Crippen LogP contribution in [-0.2, 0) is 65.4 Å². The lowest BCUT2D eigenvalue weighted by Gasteiger charge is -2.21. The Hall–Kier alpha value is -1.94. The lowest BCUT2D eigenvalue weighted by Crippen LogP contribution is -2.30. The largest absolute Gasteiger partial charge is 0.472 e. The highest BCUT2D eigenvalue weighted by molar-refractivity contribution is 7.47.